The van der Waals surface area contributed by atoms with Crippen LogP contribution in [0.3, 0.4) is 0 Å². The van der Waals surface area contributed by atoms with Crippen molar-refractivity contribution in [1.29, 1.82) is 0 Å². The van der Waals surface area contributed by atoms with Gasteiger partial charge in [0.2, 0.25) is 0 Å². The average Bonchev–Trinajstić information content (AvgIpc) is 2.78. The van der Waals surface area contributed by atoms with E-state index in [1.807, 2.05) is 0 Å². The summed E-state index contributed by atoms with van der Waals surface area (Å²) in [5.41, 5.74) is 0. The molecule has 0 aliphatic carbocycles. The Bertz CT molecular complexity index is 400. The van der Waals surface area contributed by atoms with Gasteiger partial charge in [0.25, 0.3) is 0 Å². The van der Waals surface area contributed by atoms with Gasteiger partial charge >= 0.3 is 0 Å². The molecule has 0 rings (SSSR count). The molecule has 4 heteroatoms. The smallest absolute Gasteiger partial charge is 0.126 e. The number of aliphatic hydroxyl groups is 1. The summed E-state index contributed by atoms with van der Waals surface area (Å²) >= 11 is 0. The molecule has 3 nitrogen and oxygen atoms in total. The van der Waals surface area contributed by atoms with Crippen molar-refractivity contribution in [3.8, 4) is 0 Å². The van der Waals surface area contributed by atoms with Gasteiger partial charge in [-0.3, -0.25) is 0 Å². The predicted octanol–water partition coefficient (Wildman–Crippen LogP) is 5.45. The Morgan fingerprint density at radius 3 is 1.53 bits per heavy atom. The van der Waals surface area contributed by atoms with E-state index in [1.165, 1.54) is 122 Å². The number of rotatable bonds is 26. The van der Waals surface area contributed by atoms with Gasteiger partial charge in [-0.05, 0) is 51.4 Å². The molecule has 0 saturated carbocycles. The monoisotopic (exact) mass is 503 g/mol. The van der Waals surface area contributed by atoms with Crippen molar-refractivity contribution in [3.05, 3.63) is 12.2 Å². The minimum absolute atomic E-state index is 0. The second-order valence-corrected chi connectivity index (χ2v) is 10.4. The van der Waals surface area contributed by atoms with Crippen LogP contribution in [-0.4, -0.2) is 55.1 Å². The first-order valence-electron chi connectivity index (χ1n) is 14.9. The third-order valence-electron chi connectivity index (χ3n) is 6.80. The van der Waals surface area contributed by atoms with Gasteiger partial charge in [0.1, 0.15) is 12.6 Å². The van der Waals surface area contributed by atoms with Gasteiger partial charge in [0.15, 0.2) is 0 Å². The summed E-state index contributed by atoms with van der Waals surface area (Å²) < 4.78 is 6.88. The van der Waals surface area contributed by atoms with Crippen LogP contribution in [0.2, 0.25) is 0 Å². The summed E-state index contributed by atoms with van der Waals surface area (Å²) in [6.45, 7) is 14.7. The molecule has 0 radical (unpaired) electrons. The molecule has 0 aliphatic rings. The van der Waals surface area contributed by atoms with Crippen LogP contribution < -0.4 is 12.4 Å². The summed E-state index contributed by atoms with van der Waals surface area (Å²) in [7, 11) is 0. The fourth-order valence-corrected chi connectivity index (χ4v) is 5.20. The zero-order valence-corrected chi connectivity index (χ0v) is 24.4. The minimum Gasteiger partial charge on any atom is -1.00 e. The van der Waals surface area contributed by atoms with Gasteiger partial charge in [0.05, 0.1) is 26.2 Å². The lowest BCUT2D eigenvalue weighted by atomic mass is 10.1. The van der Waals surface area contributed by atoms with E-state index in [0.717, 1.165) is 24.1 Å². The Morgan fingerprint density at radius 2 is 1.06 bits per heavy atom. The molecule has 0 aliphatic heterocycles. The average molecular weight is 504 g/mol. The lowest BCUT2D eigenvalue weighted by Gasteiger charge is -2.39. The number of ether oxygens (including phenoxy) is 1. The van der Waals surface area contributed by atoms with Crippen molar-refractivity contribution in [2.75, 3.05) is 39.4 Å². The highest BCUT2D eigenvalue weighted by Crippen LogP contribution is 2.14. The molecule has 0 heterocycles. The first kappa shape index (κ1) is 36.1. The molecule has 1 unspecified atom stereocenters. The van der Waals surface area contributed by atoms with Crippen molar-refractivity contribution in [3.63, 3.8) is 0 Å². The van der Waals surface area contributed by atoms with Crippen LogP contribution in [0.1, 0.15) is 137 Å². The minimum atomic E-state index is -0.330. The zero-order chi connectivity index (χ0) is 24.5. The second kappa shape index (κ2) is 27.5. The molecule has 1 N–H and O–H groups in total. The van der Waals surface area contributed by atoms with Crippen LogP contribution in [-0.2, 0) is 4.74 Å². The van der Waals surface area contributed by atoms with Crippen molar-refractivity contribution >= 4 is 0 Å². The van der Waals surface area contributed by atoms with Crippen LogP contribution in [0.4, 0.5) is 0 Å². The number of quaternary nitrogens is 1. The Morgan fingerprint density at radius 1 is 0.618 bits per heavy atom. The van der Waals surface area contributed by atoms with E-state index in [9.17, 15) is 5.11 Å². The van der Waals surface area contributed by atoms with E-state index in [1.54, 1.807) is 0 Å². The number of hydrogen-bond acceptors (Lipinski definition) is 2. The first-order valence-corrected chi connectivity index (χ1v) is 14.9. The van der Waals surface area contributed by atoms with Crippen LogP contribution in [0.5, 0.6) is 0 Å². The Kier molecular flexibility index (Phi) is 29.2. The Balaban J connectivity index is 0. The molecular formula is C30H62ClNO2. The Labute approximate surface area is 221 Å². The highest BCUT2D eigenvalue weighted by Gasteiger charge is 2.28. The van der Waals surface area contributed by atoms with Crippen LogP contribution >= 0.6 is 0 Å². The summed E-state index contributed by atoms with van der Waals surface area (Å²) in [4.78, 5) is 0. The Hall–Kier alpha value is -0.0900. The van der Waals surface area contributed by atoms with Crippen LogP contribution in [0.15, 0.2) is 12.2 Å². The van der Waals surface area contributed by atoms with Crippen LogP contribution in [0, 0.1) is 0 Å². The van der Waals surface area contributed by atoms with E-state index in [2.05, 4.69) is 39.8 Å². The lowest BCUT2D eigenvalue weighted by Crippen LogP contribution is -3.00. The normalized spacial score (nSPS) is 12.9. The topological polar surface area (TPSA) is 29.5 Å². The van der Waals surface area contributed by atoms with Crippen LogP contribution in [0.25, 0.3) is 0 Å². The summed E-state index contributed by atoms with van der Waals surface area (Å²) in [6, 6.07) is 0. The van der Waals surface area contributed by atoms with Crippen molar-refractivity contribution in [1.82, 2.24) is 0 Å². The van der Waals surface area contributed by atoms with E-state index < -0.39 is 0 Å². The number of hydrogen-bond donors (Lipinski definition) is 1. The maximum atomic E-state index is 10.6. The third kappa shape index (κ3) is 22.4. The highest BCUT2D eigenvalue weighted by atomic mass is 35.5. The van der Waals surface area contributed by atoms with Gasteiger partial charge in [-0.2, -0.15) is 0 Å². The van der Waals surface area contributed by atoms with Gasteiger partial charge in [0, 0.05) is 6.61 Å². The molecule has 0 amide bonds. The molecule has 0 aromatic rings. The highest BCUT2D eigenvalue weighted by molar-refractivity contribution is 4.81. The maximum absolute atomic E-state index is 10.6. The molecule has 0 aromatic heterocycles. The molecule has 0 fully saturated rings. The largest absolute Gasteiger partial charge is 1.00 e. The van der Waals surface area contributed by atoms with E-state index in [4.69, 9.17) is 4.74 Å². The molecule has 0 saturated heterocycles. The van der Waals surface area contributed by atoms with E-state index >= 15 is 0 Å². The summed E-state index contributed by atoms with van der Waals surface area (Å²) in [5, 5.41) is 10.6. The second-order valence-electron chi connectivity index (χ2n) is 10.4. The number of allylic oxidation sites excluding steroid dienone is 2. The summed E-state index contributed by atoms with van der Waals surface area (Å²) in [5.74, 6) is 0. The molecule has 1 atom stereocenters. The number of nitrogens with zero attached hydrogens (tertiary/aromatic N) is 1. The molecule has 0 bridgehead atoms. The van der Waals surface area contributed by atoms with Gasteiger partial charge in [-0.25, -0.2) is 0 Å². The van der Waals surface area contributed by atoms with Crippen molar-refractivity contribution in [2.45, 2.75) is 143 Å². The molecule has 34 heavy (non-hydrogen) atoms. The number of aliphatic hydroxyl groups excluding tert-OH is 1. The van der Waals surface area contributed by atoms with Crippen molar-refractivity contribution < 1.29 is 26.7 Å². The van der Waals surface area contributed by atoms with E-state index in [-0.39, 0.29) is 18.5 Å². The van der Waals surface area contributed by atoms with Crippen molar-refractivity contribution in [2.24, 2.45) is 0 Å². The molecule has 206 valence electrons. The third-order valence-corrected chi connectivity index (χ3v) is 6.80. The lowest BCUT2D eigenvalue weighted by molar-refractivity contribution is -0.931. The molecule has 0 spiro atoms. The predicted molar refractivity (Wildman–Crippen MR) is 147 cm³/mol. The number of halogens is 1. The van der Waals surface area contributed by atoms with Gasteiger partial charge in [-0.1, -0.05) is 97.6 Å². The number of unbranched alkanes of at least 4 members (excludes halogenated alkanes) is 12. The van der Waals surface area contributed by atoms with Gasteiger partial charge < -0.3 is 26.7 Å². The SMILES string of the molecule is CCCCCCCC/C=C\CCCCCCCCOCC(O)C[N+](CCC)(CCC)CCC.[Cl-]. The zero-order valence-electron chi connectivity index (χ0n) is 23.7. The molecular weight excluding hydrogens is 442 g/mol. The van der Waals surface area contributed by atoms with E-state index in [0.29, 0.717) is 6.61 Å². The summed E-state index contributed by atoms with van der Waals surface area (Å²) in [6.07, 6.45) is 26.7. The fourth-order valence-electron chi connectivity index (χ4n) is 5.20. The quantitative estimate of drug-likeness (QED) is 0.0965. The standard InChI is InChI=1S/C30H62NO2.ClH/c1-5-9-10-11-12-13-14-15-16-17-18-19-20-21-22-23-27-33-29-30(32)28-31(24-6-2,25-7-3)26-8-4;/h15-16,30,32H,5-14,17-29H2,1-4H3;1H/q+1;/p-1/b16-15-;. The maximum Gasteiger partial charge on any atom is 0.126 e. The first-order chi connectivity index (χ1) is 16.1. The molecule has 0 aromatic carbocycles. The fraction of sp³-hybridized carbons (Fsp3) is 0.933. The van der Waals surface area contributed by atoms with Gasteiger partial charge in [-0.15, -0.1) is 0 Å².